The molecule has 3 N–H and O–H groups in total. The summed E-state index contributed by atoms with van der Waals surface area (Å²) in [7, 11) is 0. The molecule has 98 valence electrons. The van der Waals surface area contributed by atoms with E-state index in [9.17, 15) is 0 Å². The van der Waals surface area contributed by atoms with Crippen molar-refractivity contribution in [2.24, 2.45) is 5.92 Å². The van der Waals surface area contributed by atoms with E-state index in [2.05, 4.69) is 17.4 Å². The molecule has 1 aromatic rings. The Hall–Kier alpha value is -1.06. The van der Waals surface area contributed by atoms with E-state index in [0.29, 0.717) is 12.0 Å². The van der Waals surface area contributed by atoms with Crippen LogP contribution < -0.4 is 11.1 Å². The van der Waals surface area contributed by atoms with Crippen molar-refractivity contribution >= 4 is 5.69 Å². The zero-order valence-electron chi connectivity index (χ0n) is 10.8. The van der Waals surface area contributed by atoms with Crippen LogP contribution in [0.1, 0.15) is 36.4 Å². The van der Waals surface area contributed by atoms with E-state index in [1.54, 1.807) is 0 Å². The summed E-state index contributed by atoms with van der Waals surface area (Å²) in [5, 5.41) is 3.71. The predicted molar refractivity (Wildman–Crippen MR) is 73.5 cm³/mol. The first-order valence-electron chi connectivity index (χ1n) is 7.02. The molecule has 1 heterocycles. The molecule has 1 fully saturated rings. The molecular formula is C15H22N2O. The highest BCUT2D eigenvalue weighted by Gasteiger charge is 2.23. The molecule has 0 saturated carbocycles. The van der Waals surface area contributed by atoms with Gasteiger partial charge in [-0.15, -0.1) is 0 Å². The molecule has 0 spiro atoms. The van der Waals surface area contributed by atoms with Gasteiger partial charge in [-0.2, -0.15) is 0 Å². The summed E-state index contributed by atoms with van der Waals surface area (Å²) in [6.07, 6.45) is 4.87. The minimum atomic E-state index is 0.516. The molecule has 3 rings (SSSR count). The number of hydrogen-bond donors (Lipinski definition) is 2. The lowest BCUT2D eigenvalue weighted by atomic mass is 10.0. The van der Waals surface area contributed by atoms with Crippen LogP contribution in [0.2, 0.25) is 0 Å². The number of benzene rings is 1. The van der Waals surface area contributed by atoms with Crippen LogP contribution in [-0.4, -0.2) is 19.8 Å². The Morgan fingerprint density at radius 2 is 2.28 bits per heavy atom. The quantitative estimate of drug-likeness (QED) is 0.804. The average molecular weight is 246 g/mol. The van der Waals surface area contributed by atoms with Gasteiger partial charge in [0.1, 0.15) is 0 Å². The summed E-state index contributed by atoms with van der Waals surface area (Å²) in [6, 6.07) is 6.85. The first kappa shape index (κ1) is 12.0. The van der Waals surface area contributed by atoms with Crippen molar-refractivity contribution in [1.29, 1.82) is 0 Å². The maximum Gasteiger partial charge on any atom is 0.0506 e. The number of nitrogens with one attached hydrogen (secondary N) is 1. The van der Waals surface area contributed by atoms with Crippen molar-refractivity contribution < 1.29 is 4.74 Å². The molecule has 2 aliphatic rings. The van der Waals surface area contributed by atoms with E-state index in [0.717, 1.165) is 31.9 Å². The van der Waals surface area contributed by atoms with Gasteiger partial charge in [0.05, 0.1) is 6.61 Å². The fraction of sp³-hybridized carbons (Fsp3) is 0.600. The van der Waals surface area contributed by atoms with Gasteiger partial charge in [-0.05, 0) is 54.9 Å². The molecule has 1 aliphatic carbocycles. The summed E-state index contributed by atoms with van der Waals surface area (Å²) in [5.41, 5.74) is 9.58. The molecule has 0 radical (unpaired) electrons. The van der Waals surface area contributed by atoms with Crippen LogP contribution in [0.5, 0.6) is 0 Å². The number of rotatable bonds is 3. The SMILES string of the molecule is Nc1ccc2c(c1)CCC2NCC1CCCOC1. The lowest BCUT2D eigenvalue weighted by Gasteiger charge is -2.24. The Kier molecular flexibility index (Phi) is 3.52. The highest BCUT2D eigenvalue weighted by atomic mass is 16.5. The summed E-state index contributed by atoms with van der Waals surface area (Å²) in [5.74, 6) is 0.691. The second-order valence-corrected chi connectivity index (χ2v) is 5.54. The molecule has 2 unspecified atom stereocenters. The number of anilines is 1. The zero-order chi connectivity index (χ0) is 12.4. The average Bonchev–Trinajstić information content (AvgIpc) is 2.80. The van der Waals surface area contributed by atoms with Crippen molar-refractivity contribution in [3.63, 3.8) is 0 Å². The van der Waals surface area contributed by atoms with Crippen LogP contribution >= 0.6 is 0 Å². The third kappa shape index (κ3) is 2.52. The largest absolute Gasteiger partial charge is 0.399 e. The van der Waals surface area contributed by atoms with E-state index >= 15 is 0 Å². The third-order valence-electron chi connectivity index (χ3n) is 4.15. The summed E-state index contributed by atoms with van der Waals surface area (Å²) in [6.45, 7) is 2.95. The molecule has 3 heteroatoms. The Labute approximate surface area is 109 Å². The van der Waals surface area contributed by atoms with Crippen LogP contribution in [-0.2, 0) is 11.2 Å². The topological polar surface area (TPSA) is 47.3 Å². The van der Waals surface area contributed by atoms with Crippen LogP contribution in [0.3, 0.4) is 0 Å². The smallest absolute Gasteiger partial charge is 0.0506 e. The Bertz CT molecular complexity index is 413. The van der Waals surface area contributed by atoms with Gasteiger partial charge in [0, 0.05) is 24.9 Å². The Morgan fingerprint density at radius 1 is 1.33 bits per heavy atom. The minimum absolute atomic E-state index is 0.516. The van der Waals surface area contributed by atoms with Crippen LogP contribution in [0.4, 0.5) is 5.69 Å². The number of ether oxygens (including phenoxy) is 1. The molecule has 0 amide bonds. The van der Waals surface area contributed by atoms with Gasteiger partial charge >= 0.3 is 0 Å². The van der Waals surface area contributed by atoms with Crippen LogP contribution in [0.15, 0.2) is 18.2 Å². The fourth-order valence-electron chi connectivity index (χ4n) is 3.13. The summed E-state index contributed by atoms with van der Waals surface area (Å²) < 4.78 is 5.53. The maximum atomic E-state index is 5.83. The molecule has 2 atom stereocenters. The van der Waals surface area contributed by atoms with E-state index in [4.69, 9.17) is 10.5 Å². The number of fused-ring (bicyclic) bond motifs is 1. The highest BCUT2D eigenvalue weighted by Crippen LogP contribution is 2.32. The molecule has 18 heavy (non-hydrogen) atoms. The van der Waals surface area contributed by atoms with E-state index in [-0.39, 0.29) is 0 Å². The maximum absolute atomic E-state index is 5.83. The number of nitrogen functional groups attached to an aromatic ring is 1. The summed E-state index contributed by atoms with van der Waals surface area (Å²) in [4.78, 5) is 0. The normalized spacial score (nSPS) is 27.1. The lowest BCUT2D eigenvalue weighted by Crippen LogP contribution is -2.31. The minimum Gasteiger partial charge on any atom is -0.399 e. The fourth-order valence-corrected chi connectivity index (χ4v) is 3.13. The standard InChI is InChI=1S/C15H22N2O/c16-13-4-5-14-12(8-13)3-6-15(14)17-9-11-2-1-7-18-10-11/h4-5,8,11,15,17H,1-3,6-7,9-10,16H2. The number of aryl methyl sites for hydroxylation is 1. The van der Waals surface area contributed by atoms with Crippen molar-refractivity contribution in [1.82, 2.24) is 5.32 Å². The van der Waals surface area contributed by atoms with Gasteiger partial charge in [0.15, 0.2) is 0 Å². The second-order valence-electron chi connectivity index (χ2n) is 5.54. The summed E-state index contributed by atoms with van der Waals surface area (Å²) >= 11 is 0. The van der Waals surface area contributed by atoms with Crippen molar-refractivity contribution in [2.45, 2.75) is 31.7 Å². The Balaban J connectivity index is 1.59. The predicted octanol–water partition coefficient (Wildman–Crippen LogP) is 2.27. The molecular weight excluding hydrogens is 224 g/mol. The zero-order valence-corrected chi connectivity index (χ0v) is 10.8. The molecule has 1 saturated heterocycles. The van der Waals surface area contributed by atoms with Gasteiger partial charge < -0.3 is 15.8 Å². The van der Waals surface area contributed by atoms with Crippen molar-refractivity contribution in [2.75, 3.05) is 25.5 Å². The van der Waals surface area contributed by atoms with Crippen molar-refractivity contribution in [3.8, 4) is 0 Å². The van der Waals surface area contributed by atoms with Gasteiger partial charge in [0.2, 0.25) is 0 Å². The lowest BCUT2D eigenvalue weighted by molar-refractivity contribution is 0.0538. The van der Waals surface area contributed by atoms with Gasteiger partial charge in [0.25, 0.3) is 0 Å². The van der Waals surface area contributed by atoms with Gasteiger partial charge in [-0.3, -0.25) is 0 Å². The third-order valence-corrected chi connectivity index (χ3v) is 4.15. The van der Waals surface area contributed by atoms with Gasteiger partial charge in [-0.1, -0.05) is 6.07 Å². The highest BCUT2D eigenvalue weighted by molar-refractivity contribution is 5.47. The Morgan fingerprint density at radius 3 is 3.11 bits per heavy atom. The van der Waals surface area contributed by atoms with Crippen molar-refractivity contribution in [3.05, 3.63) is 29.3 Å². The number of hydrogen-bond acceptors (Lipinski definition) is 3. The van der Waals surface area contributed by atoms with Gasteiger partial charge in [-0.25, -0.2) is 0 Å². The molecule has 1 aliphatic heterocycles. The molecule has 3 nitrogen and oxygen atoms in total. The van der Waals surface area contributed by atoms with E-state index in [1.165, 1.54) is 30.4 Å². The van der Waals surface area contributed by atoms with Crippen LogP contribution in [0, 0.1) is 5.92 Å². The van der Waals surface area contributed by atoms with E-state index < -0.39 is 0 Å². The number of nitrogens with two attached hydrogens (primary N) is 1. The monoisotopic (exact) mass is 246 g/mol. The molecule has 0 aromatic heterocycles. The van der Waals surface area contributed by atoms with E-state index in [1.807, 2.05) is 6.07 Å². The first-order valence-corrected chi connectivity index (χ1v) is 7.02. The molecule has 0 bridgehead atoms. The molecule has 1 aromatic carbocycles. The first-order chi connectivity index (χ1) is 8.83. The second kappa shape index (κ2) is 5.29. The van der Waals surface area contributed by atoms with Crippen LogP contribution in [0.25, 0.3) is 0 Å².